The van der Waals surface area contributed by atoms with Crippen LogP contribution in [0.15, 0.2) is 38.9 Å². The zero-order chi connectivity index (χ0) is 12.3. The lowest BCUT2D eigenvalue weighted by Gasteiger charge is -2.25. The maximum atomic E-state index is 5.87. The van der Waals surface area contributed by atoms with E-state index < -0.39 is 0 Å². The number of hydrogen-bond donors (Lipinski definition) is 1. The maximum Gasteiger partial charge on any atom is 0.0947 e. The Labute approximate surface area is 113 Å². The molecule has 0 radical (unpaired) electrons. The van der Waals surface area contributed by atoms with Crippen molar-refractivity contribution in [2.24, 2.45) is 5.73 Å². The van der Waals surface area contributed by atoms with E-state index in [0.29, 0.717) is 6.54 Å². The highest BCUT2D eigenvalue weighted by molar-refractivity contribution is 9.10. The topological polar surface area (TPSA) is 42.4 Å². The van der Waals surface area contributed by atoms with Crippen molar-refractivity contribution in [3.8, 4) is 0 Å². The molecule has 1 atom stereocenters. The number of nitrogens with zero attached hydrogens (tertiary/aromatic N) is 1. The average Bonchev–Trinajstić information content (AvgIpc) is 2.91. The minimum absolute atomic E-state index is 0.251. The fourth-order valence-corrected chi connectivity index (χ4v) is 3.42. The molecular weight excluding hydrogens is 300 g/mol. The first kappa shape index (κ1) is 12.8. The standard InChI is InChI=1S/C12H15BrN2OS/c1-15(6-9-2-3-16-7-9)11(5-14)12-4-10(13)8-17-12/h2-4,7-8,11H,5-6,14H2,1H3. The van der Waals surface area contributed by atoms with Crippen LogP contribution in [0.4, 0.5) is 0 Å². The van der Waals surface area contributed by atoms with E-state index in [-0.39, 0.29) is 6.04 Å². The molecule has 0 bridgehead atoms. The highest BCUT2D eigenvalue weighted by atomic mass is 79.9. The number of nitrogens with two attached hydrogens (primary N) is 1. The second-order valence-electron chi connectivity index (χ2n) is 3.97. The highest BCUT2D eigenvalue weighted by Crippen LogP contribution is 2.29. The van der Waals surface area contributed by atoms with E-state index in [2.05, 4.69) is 39.3 Å². The summed E-state index contributed by atoms with van der Waals surface area (Å²) < 4.78 is 6.19. The summed E-state index contributed by atoms with van der Waals surface area (Å²) in [5.74, 6) is 0. The minimum Gasteiger partial charge on any atom is -0.472 e. The first-order chi connectivity index (χ1) is 8.20. The van der Waals surface area contributed by atoms with E-state index >= 15 is 0 Å². The molecule has 0 fully saturated rings. The molecule has 0 amide bonds. The second-order valence-corrected chi connectivity index (χ2v) is 5.82. The number of rotatable bonds is 5. The molecule has 92 valence electrons. The number of thiophene rings is 1. The van der Waals surface area contributed by atoms with Gasteiger partial charge in [-0.2, -0.15) is 0 Å². The highest BCUT2D eigenvalue weighted by Gasteiger charge is 2.17. The van der Waals surface area contributed by atoms with E-state index in [9.17, 15) is 0 Å². The van der Waals surface area contributed by atoms with Gasteiger partial charge >= 0.3 is 0 Å². The van der Waals surface area contributed by atoms with Crippen LogP contribution in [0.25, 0.3) is 0 Å². The van der Waals surface area contributed by atoms with Crippen molar-refractivity contribution >= 4 is 27.3 Å². The van der Waals surface area contributed by atoms with Crippen LogP contribution in [0.2, 0.25) is 0 Å². The smallest absolute Gasteiger partial charge is 0.0947 e. The molecule has 17 heavy (non-hydrogen) atoms. The van der Waals surface area contributed by atoms with Gasteiger partial charge in [0.2, 0.25) is 0 Å². The minimum atomic E-state index is 0.251. The molecule has 2 N–H and O–H groups in total. The summed E-state index contributed by atoms with van der Waals surface area (Å²) in [4.78, 5) is 3.52. The summed E-state index contributed by atoms with van der Waals surface area (Å²) in [6, 6.07) is 4.36. The fourth-order valence-electron chi connectivity index (χ4n) is 1.80. The summed E-state index contributed by atoms with van der Waals surface area (Å²) >= 11 is 5.21. The molecule has 3 nitrogen and oxygen atoms in total. The zero-order valence-electron chi connectivity index (χ0n) is 9.60. The van der Waals surface area contributed by atoms with Crippen molar-refractivity contribution in [1.29, 1.82) is 0 Å². The van der Waals surface area contributed by atoms with Crippen molar-refractivity contribution in [3.05, 3.63) is 45.0 Å². The Morgan fingerprint density at radius 3 is 2.94 bits per heavy atom. The Balaban J connectivity index is 2.07. The molecule has 5 heteroatoms. The normalized spacial score (nSPS) is 13.2. The van der Waals surface area contributed by atoms with E-state index in [1.165, 1.54) is 10.4 Å². The molecule has 1 unspecified atom stereocenters. The zero-order valence-corrected chi connectivity index (χ0v) is 12.0. The Kier molecular flexibility index (Phi) is 4.39. The molecule has 2 heterocycles. The Morgan fingerprint density at radius 1 is 1.59 bits per heavy atom. The van der Waals surface area contributed by atoms with Crippen LogP contribution < -0.4 is 5.73 Å². The van der Waals surface area contributed by atoms with Crippen LogP contribution in [-0.2, 0) is 6.54 Å². The van der Waals surface area contributed by atoms with Gasteiger partial charge in [-0.1, -0.05) is 0 Å². The summed E-state index contributed by atoms with van der Waals surface area (Å²) in [6.07, 6.45) is 3.47. The monoisotopic (exact) mass is 314 g/mol. The first-order valence-electron chi connectivity index (χ1n) is 5.36. The van der Waals surface area contributed by atoms with Gasteiger partial charge in [-0.25, -0.2) is 0 Å². The molecule has 0 aliphatic heterocycles. The van der Waals surface area contributed by atoms with Crippen LogP contribution in [0, 0.1) is 0 Å². The van der Waals surface area contributed by atoms with Gasteiger partial charge in [-0.05, 0) is 35.1 Å². The van der Waals surface area contributed by atoms with Gasteiger partial charge in [0, 0.05) is 33.4 Å². The molecule has 0 saturated heterocycles. The van der Waals surface area contributed by atoms with Gasteiger partial charge in [0.05, 0.1) is 18.6 Å². The number of hydrogen-bond acceptors (Lipinski definition) is 4. The van der Waals surface area contributed by atoms with Gasteiger partial charge in [0.1, 0.15) is 0 Å². The van der Waals surface area contributed by atoms with Gasteiger partial charge in [0.15, 0.2) is 0 Å². The van der Waals surface area contributed by atoms with Crippen molar-refractivity contribution in [2.75, 3.05) is 13.6 Å². The van der Waals surface area contributed by atoms with E-state index in [1.54, 1.807) is 23.9 Å². The van der Waals surface area contributed by atoms with Crippen LogP contribution in [0.5, 0.6) is 0 Å². The average molecular weight is 315 g/mol. The SMILES string of the molecule is CN(Cc1ccoc1)C(CN)c1cc(Br)cs1. The predicted molar refractivity (Wildman–Crippen MR) is 74.0 cm³/mol. The van der Waals surface area contributed by atoms with E-state index in [1.807, 2.05) is 6.07 Å². The van der Waals surface area contributed by atoms with E-state index in [4.69, 9.17) is 10.2 Å². The number of likely N-dealkylation sites (N-methyl/N-ethyl adjacent to an activating group) is 1. The lowest BCUT2D eigenvalue weighted by Crippen LogP contribution is -2.29. The summed E-state index contributed by atoms with van der Waals surface area (Å²) in [6.45, 7) is 1.45. The van der Waals surface area contributed by atoms with Crippen molar-refractivity contribution in [3.63, 3.8) is 0 Å². The Bertz CT molecular complexity index is 455. The van der Waals surface area contributed by atoms with Crippen LogP contribution in [0.1, 0.15) is 16.5 Å². The molecule has 0 aromatic carbocycles. The summed E-state index contributed by atoms with van der Waals surface area (Å²) in [5.41, 5.74) is 7.04. The molecule has 2 aromatic rings. The van der Waals surface area contributed by atoms with Crippen LogP contribution >= 0.6 is 27.3 Å². The summed E-state index contributed by atoms with van der Waals surface area (Å²) in [7, 11) is 2.08. The Hall–Kier alpha value is -0.620. The lowest BCUT2D eigenvalue weighted by molar-refractivity contribution is 0.244. The molecule has 0 spiro atoms. The second kappa shape index (κ2) is 5.82. The largest absolute Gasteiger partial charge is 0.472 e. The van der Waals surface area contributed by atoms with Gasteiger partial charge in [-0.15, -0.1) is 11.3 Å². The van der Waals surface area contributed by atoms with Crippen molar-refractivity contribution < 1.29 is 4.42 Å². The van der Waals surface area contributed by atoms with Crippen molar-refractivity contribution in [1.82, 2.24) is 4.90 Å². The first-order valence-corrected chi connectivity index (χ1v) is 7.03. The van der Waals surface area contributed by atoms with Gasteiger partial charge < -0.3 is 10.2 Å². The third kappa shape index (κ3) is 3.19. The predicted octanol–water partition coefficient (Wildman–Crippen LogP) is 3.24. The quantitative estimate of drug-likeness (QED) is 0.921. The number of furan rings is 1. The molecular formula is C12H15BrN2OS. The molecule has 0 aliphatic carbocycles. The van der Waals surface area contributed by atoms with Crippen LogP contribution in [0.3, 0.4) is 0 Å². The fraction of sp³-hybridized carbons (Fsp3) is 0.333. The lowest BCUT2D eigenvalue weighted by atomic mass is 10.2. The van der Waals surface area contributed by atoms with Gasteiger partial charge in [-0.3, -0.25) is 4.90 Å². The van der Waals surface area contributed by atoms with Gasteiger partial charge in [0.25, 0.3) is 0 Å². The maximum absolute atomic E-state index is 5.87. The molecule has 0 saturated carbocycles. The molecule has 0 aliphatic rings. The summed E-state index contributed by atoms with van der Waals surface area (Å²) in [5, 5.41) is 2.09. The van der Waals surface area contributed by atoms with Crippen molar-refractivity contribution in [2.45, 2.75) is 12.6 Å². The Morgan fingerprint density at radius 2 is 2.41 bits per heavy atom. The third-order valence-corrected chi connectivity index (χ3v) is 4.48. The molecule has 2 aromatic heterocycles. The van der Waals surface area contributed by atoms with Crippen LogP contribution in [-0.4, -0.2) is 18.5 Å². The number of halogens is 1. The third-order valence-electron chi connectivity index (χ3n) is 2.68. The van der Waals surface area contributed by atoms with E-state index in [0.717, 1.165) is 11.0 Å². The molecule has 2 rings (SSSR count).